The zero-order chi connectivity index (χ0) is 15.5. The van der Waals surface area contributed by atoms with Crippen LogP contribution in [0.5, 0.6) is 0 Å². The van der Waals surface area contributed by atoms with Crippen LogP contribution in [-0.2, 0) is 14.6 Å². The van der Waals surface area contributed by atoms with Crippen molar-refractivity contribution < 1.29 is 13.2 Å². The van der Waals surface area contributed by atoms with Crippen molar-refractivity contribution in [2.45, 2.75) is 49.5 Å². The number of nitrogens with two attached hydrogens (primary N) is 1. The summed E-state index contributed by atoms with van der Waals surface area (Å²) in [5.74, 6) is -0.0560. The molecule has 0 spiro atoms. The Balaban J connectivity index is 1.99. The Morgan fingerprint density at radius 1 is 1.24 bits per heavy atom. The highest BCUT2D eigenvalue weighted by Gasteiger charge is 2.31. The number of carbonyl (C=O) groups excluding carboxylic acids is 1. The Hall–Kier alpha value is -1.40. The quantitative estimate of drug-likeness (QED) is 0.871. The lowest BCUT2D eigenvalue weighted by Crippen LogP contribution is -2.40. The summed E-state index contributed by atoms with van der Waals surface area (Å²) in [6.45, 7) is 1.60. The third kappa shape index (κ3) is 4.04. The second-order valence-corrected chi connectivity index (χ2v) is 8.00. The number of hydrogen-bond acceptors (Lipinski definition) is 4. The molecule has 1 aromatic carbocycles. The molecule has 1 aliphatic rings. The van der Waals surface area contributed by atoms with Crippen molar-refractivity contribution in [2.24, 2.45) is 5.73 Å². The molecule has 1 fully saturated rings. The van der Waals surface area contributed by atoms with Crippen molar-refractivity contribution in [1.82, 2.24) is 0 Å². The number of amides is 1. The van der Waals surface area contributed by atoms with Gasteiger partial charge in [-0.3, -0.25) is 4.79 Å². The van der Waals surface area contributed by atoms with Crippen molar-refractivity contribution in [1.29, 1.82) is 0 Å². The molecule has 0 bridgehead atoms. The normalized spacial score (nSPS) is 17.6. The third-order valence-electron chi connectivity index (χ3n) is 3.99. The molecular formula is C15H22N2O3S. The van der Waals surface area contributed by atoms with E-state index in [4.69, 9.17) is 5.73 Å². The highest BCUT2D eigenvalue weighted by Crippen LogP contribution is 2.30. The molecule has 0 aliphatic heterocycles. The zero-order valence-electron chi connectivity index (χ0n) is 12.3. The molecule has 0 atom stereocenters. The summed E-state index contributed by atoms with van der Waals surface area (Å²) in [5.41, 5.74) is 6.39. The van der Waals surface area contributed by atoms with Gasteiger partial charge >= 0.3 is 0 Å². The average molecular weight is 310 g/mol. The van der Waals surface area contributed by atoms with Gasteiger partial charge in [0.05, 0.1) is 10.6 Å². The van der Waals surface area contributed by atoms with E-state index in [-0.39, 0.29) is 22.1 Å². The first-order valence-electron chi connectivity index (χ1n) is 7.26. The van der Waals surface area contributed by atoms with Crippen molar-refractivity contribution in [2.75, 3.05) is 11.1 Å². The van der Waals surface area contributed by atoms with E-state index in [1.165, 1.54) is 12.1 Å². The Bertz CT molecular complexity index is 602. The summed E-state index contributed by atoms with van der Waals surface area (Å²) in [6, 6.07) is 6.25. The number of carbonyl (C=O) groups is 1. The lowest BCUT2D eigenvalue weighted by molar-refractivity contribution is -0.117. The summed E-state index contributed by atoms with van der Waals surface area (Å²) in [7, 11) is -3.20. The second-order valence-electron chi connectivity index (χ2n) is 5.72. The smallest absolute Gasteiger partial charge is 0.226 e. The van der Waals surface area contributed by atoms with Crippen LogP contribution in [0.2, 0.25) is 0 Å². The predicted molar refractivity (Wildman–Crippen MR) is 82.8 cm³/mol. The lowest BCUT2D eigenvalue weighted by Gasteiger charge is -2.22. The fourth-order valence-corrected chi connectivity index (χ4v) is 3.58. The summed E-state index contributed by atoms with van der Waals surface area (Å²) in [6.07, 6.45) is 4.23. The van der Waals surface area contributed by atoms with Crippen LogP contribution >= 0.6 is 0 Å². The Kier molecular flexibility index (Phi) is 4.68. The van der Waals surface area contributed by atoms with Gasteiger partial charge in [0.25, 0.3) is 0 Å². The van der Waals surface area contributed by atoms with E-state index in [0.717, 1.165) is 25.7 Å². The van der Waals surface area contributed by atoms with Crippen LogP contribution < -0.4 is 11.1 Å². The van der Waals surface area contributed by atoms with E-state index < -0.39 is 9.84 Å². The van der Waals surface area contributed by atoms with E-state index in [1.54, 1.807) is 19.1 Å². The number of rotatable bonds is 5. The first-order valence-corrected chi connectivity index (χ1v) is 8.91. The van der Waals surface area contributed by atoms with Crippen molar-refractivity contribution in [3.63, 3.8) is 0 Å². The van der Waals surface area contributed by atoms with E-state index in [1.807, 2.05) is 0 Å². The summed E-state index contributed by atoms with van der Waals surface area (Å²) in [4.78, 5) is 12.3. The number of hydrogen-bond donors (Lipinski definition) is 2. The topological polar surface area (TPSA) is 89.3 Å². The van der Waals surface area contributed by atoms with E-state index in [9.17, 15) is 13.2 Å². The van der Waals surface area contributed by atoms with Gasteiger partial charge in [-0.2, -0.15) is 0 Å². The molecule has 5 nitrogen and oxygen atoms in total. The van der Waals surface area contributed by atoms with Crippen LogP contribution in [0.3, 0.4) is 0 Å². The van der Waals surface area contributed by atoms with E-state index >= 15 is 0 Å². The summed E-state index contributed by atoms with van der Waals surface area (Å²) in [5, 5.41) is 2.78. The maximum Gasteiger partial charge on any atom is 0.226 e. The highest BCUT2D eigenvalue weighted by molar-refractivity contribution is 7.91. The Morgan fingerprint density at radius 3 is 2.33 bits per heavy atom. The molecule has 0 saturated heterocycles. The average Bonchev–Trinajstić information content (AvgIpc) is 2.85. The van der Waals surface area contributed by atoms with Gasteiger partial charge in [-0.15, -0.1) is 0 Å². The third-order valence-corrected chi connectivity index (χ3v) is 5.74. The maximum absolute atomic E-state index is 12.0. The van der Waals surface area contributed by atoms with Crippen molar-refractivity contribution in [3.8, 4) is 0 Å². The molecule has 1 saturated carbocycles. The minimum atomic E-state index is -3.20. The molecule has 2 rings (SSSR count). The molecule has 3 N–H and O–H groups in total. The number of sulfone groups is 1. The molecule has 0 aromatic heterocycles. The molecule has 21 heavy (non-hydrogen) atoms. The molecule has 6 heteroatoms. The highest BCUT2D eigenvalue weighted by atomic mass is 32.2. The first-order chi connectivity index (χ1) is 9.85. The van der Waals surface area contributed by atoms with Crippen LogP contribution in [0.4, 0.5) is 5.69 Å². The van der Waals surface area contributed by atoms with Crippen LogP contribution in [0.25, 0.3) is 0 Å². The van der Waals surface area contributed by atoms with E-state index in [2.05, 4.69) is 5.32 Å². The standard InChI is InChI=1S/C15H22N2O3S/c1-2-21(19,20)13-7-5-12(6-8-13)17-14(18)11-15(16)9-3-4-10-15/h5-8H,2-4,9-11,16H2,1H3,(H,17,18). The van der Waals surface area contributed by atoms with Crippen LogP contribution in [-0.4, -0.2) is 25.6 Å². The van der Waals surface area contributed by atoms with Crippen molar-refractivity contribution >= 4 is 21.4 Å². The molecular weight excluding hydrogens is 288 g/mol. The Labute approximate surface area is 125 Å². The lowest BCUT2D eigenvalue weighted by atomic mass is 9.94. The minimum Gasteiger partial charge on any atom is -0.326 e. The molecule has 0 heterocycles. The fourth-order valence-electron chi connectivity index (χ4n) is 2.69. The molecule has 1 amide bonds. The number of nitrogens with one attached hydrogen (secondary N) is 1. The summed E-state index contributed by atoms with van der Waals surface area (Å²) < 4.78 is 23.4. The molecule has 0 radical (unpaired) electrons. The van der Waals surface area contributed by atoms with Crippen LogP contribution in [0.15, 0.2) is 29.2 Å². The molecule has 116 valence electrons. The van der Waals surface area contributed by atoms with Crippen molar-refractivity contribution in [3.05, 3.63) is 24.3 Å². The van der Waals surface area contributed by atoms with E-state index in [0.29, 0.717) is 12.1 Å². The van der Waals surface area contributed by atoms with Gasteiger partial charge in [-0.25, -0.2) is 8.42 Å². The predicted octanol–water partition coefficient (Wildman–Crippen LogP) is 2.08. The zero-order valence-corrected chi connectivity index (χ0v) is 13.1. The number of anilines is 1. The Morgan fingerprint density at radius 2 is 1.81 bits per heavy atom. The first kappa shape index (κ1) is 16.0. The largest absolute Gasteiger partial charge is 0.326 e. The van der Waals surface area contributed by atoms with Crippen LogP contribution in [0.1, 0.15) is 39.0 Å². The minimum absolute atomic E-state index is 0.0639. The van der Waals surface area contributed by atoms with Gasteiger partial charge in [-0.1, -0.05) is 19.8 Å². The number of benzene rings is 1. The molecule has 0 unspecified atom stereocenters. The monoisotopic (exact) mass is 310 g/mol. The van der Waals surface area contributed by atoms with Gasteiger partial charge in [0.15, 0.2) is 9.84 Å². The van der Waals surface area contributed by atoms with Gasteiger partial charge in [-0.05, 0) is 37.1 Å². The molecule has 1 aliphatic carbocycles. The summed E-state index contributed by atoms with van der Waals surface area (Å²) >= 11 is 0. The van der Waals surface area contributed by atoms with Gasteiger partial charge < -0.3 is 11.1 Å². The van der Waals surface area contributed by atoms with Gasteiger partial charge in [0.1, 0.15) is 0 Å². The maximum atomic E-state index is 12.0. The molecule has 1 aromatic rings. The van der Waals surface area contributed by atoms with Gasteiger partial charge in [0, 0.05) is 17.6 Å². The SMILES string of the molecule is CCS(=O)(=O)c1ccc(NC(=O)CC2(N)CCCC2)cc1. The second kappa shape index (κ2) is 6.15. The fraction of sp³-hybridized carbons (Fsp3) is 0.533. The van der Waals surface area contributed by atoms with Crippen LogP contribution in [0, 0.1) is 0 Å². The van der Waals surface area contributed by atoms with Gasteiger partial charge in [0.2, 0.25) is 5.91 Å².